The van der Waals surface area contributed by atoms with E-state index in [0.717, 1.165) is 0 Å². The number of rotatable bonds is 3. The maximum Gasteiger partial charge on any atom is 0.290 e. The van der Waals surface area contributed by atoms with Gasteiger partial charge in [-0.05, 0) is 24.1 Å². The third-order valence-corrected chi connectivity index (χ3v) is 3.60. The first-order valence-corrected chi connectivity index (χ1v) is 7.15. The van der Waals surface area contributed by atoms with E-state index in [2.05, 4.69) is 0 Å². The Bertz CT molecular complexity index is 633. The zero-order valence-corrected chi connectivity index (χ0v) is 13.1. The molecule has 2 N–H and O–H groups in total. The second kappa shape index (κ2) is 7.75. The molecule has 0 spiro atoms. The van der Waals surface area contributed by atoms with Gasteiger partial charge in [-0.3, -0.25) is 14.4 Å². The van der Waals surface area contributed by atoms with Gasteiger partial charge in [0.15, 0.2) is 11.6 Å². The van der Waals surface area contributed by atoms with Gasteiger partial charge in [0.1, 0.15) is 11.3 Å². The Labute approximate surface area is 133 Å². The number of Topliss-reactive ketones (excluding diaryl/α,β-unsaturated/α-hetero) is 2. The molecule has 1 aliphatic carbocycles. The third-order valence-electron chi connectivity index (χ3n) is 3.37. The van der Waals surface area contributed by atoms with Gasteiger partial charge in [-0.15, -0.1) is 0 Å². The first-order chi connectivity index (χ1) is 10.4. The minimum absolute atomic E-state index is 0.0795. The minimum atomic E-state index is -0.432. The lowest BCUT2D eigenvalue weighted by molar-refractivity contribution is -0.123. The van der Waals surface area contributed by atoms with Crippen LogP contribution in [0.3, 0.4) is 0 Å². The Balaban J connectivity index is 0.000000745. The van der Waals surface area contributed by atoms with E-state index in [4.69, 9.17) is 21.5 Å². The standard InChI is InChI=1S/C15H15ClO3.CH2O2/c1-3-4-12(17)13-14(18)8(2)10-6-5-9(16)7-11(10)15(13)19;2-1-3/h5-8,19H,3-4H2,1-2H3;1H,(H,2,3). The molecular weight excluding hydrogens is 308 g/mol. The Morgan fingerprint density at radius 3 is 2.55 bits per heavy atom. The molecule has 1 aliphatic rings. The summed E-state index contributed by atoms with van der Waals surface area (Å²) in [7, 11) is 0. The fourth-order valence-electron chi connectivity index (χ4n) is 2.34. The van der Waals surface area contributed by atoms with Crippen molar-refractivity contribution in [1.29, 1.82) is 0 Å². The van der Waals surface area contributed by atoms with Gasteiger partial charge in [-0.2, -0.15) is 0 Å². The summed E-state index contributed by atoms with van der Waals surface area (Å²) >= 11 is 5.91. The van der Waals surface area contributed by atoms with E-state index in [1.165, 1.54) is 0 Å². The van der Waals surface area contributed by atoms with E-state index in [9.17, 15) is 14.7 Å². The van der Waals surface area contributed by atoms with Crippen molar-refractivity contribution in [2.45, 2.75) is 32.6 Å². The van der Waals surface area contributed by atoms with E-state index in [1.54, 1.807) is 25.1 Å². The van der Waals surface area contributed by atoms with Crippen molar-refractivity contribution < 1.29 is 24.6 Å². The first kappa shape index (κ1) is 17.9. The fourth-order valence-corrected chi connectivity index (χ4v) is 2.51. The van der Waals surface area contributed by atoms with Crippen molar-refractivity contribution in [2.24, 2.45) is 0 Å². The summed E-state index contributed by atoms with van der Waals surface area (Å²) in [6.07, 6.45) is 0.896. The predicted octanol–water partition coefficient (Wildman–Crippen LogP) is 3.37. The van der Waals surface area contributed by atoms with Crippen LogP contribution in [-0.4, -0.2) is 28.3 Å². The summed E-state index contributed by atoms with van der Waals surface area (Å²) in [5.74, 6) is -1.29. The summed E-state index contributed by atoms with van der Waals surface area (Å²) in [6, 6.07) is 4.99. The quantitative estimate of drug-likeness (QED) is 0.657. The van der Waals surface area contributed by atoms with Crippen molar-refractivity contribution in [3.63, 3.8) is 0 Å². The number of aliphatic hydroxyl groups excluding tert-OH is 1. The Hall–Kier alpha value is -2.14. The smallest absolute Gasteiger partial charge is 0.290 e. The van der Waals surface area contributed by atoms with Crippen LogP contribution in [0.4, 0.5) is 0 Å². The Morgan fingerprint density at radius 2 is 2.00 bits per heavy atom. The molecule has 0 saturated heterocycles. The van der Waals surface area contributed by atoms with Gasteiger partial charge in [-0.1, -0.05) is 31.5 Å². The van der Waals surface area contributed by atoms with Crippen LogP contribution in [0.5, 0.6) is 0 Å². The van der Waals surface area contributed by atoms with Crippen LogP contribution in [-0.2, 0) is 14.4 Å². The second-order valence-electron chi connectivity index (χ2n) is 4.82. The molecule has 2 rings (SSSR count). The summed E-state index contributed by atoms with van der Waals surface area (Å²) < 4.78 is 0. The summed E-state index contributed by atoms with van der Waals surface area (Å²) in [6.45, 7) is 3.35. The highest BCUT2D eigenvalue weighted by atomic mass is 35.5. The number of halogens is 1. The van der Waals surface area contributed by atoms with E-state index < -0.39 is 5.92 Å². The van der Waals surface area contributed by atoms with E-state index >= 15 is 0 Å². The fraction of sp³-hybridized carbons (Fsp3) is 0.312. The Kier molecular flexibility index (Phi) is 6.31. The third kappa shape index (κ3) is 3.54. The van der Waals surface area contributed by atoms with Crippen LogP contribution >= 0.6 is 11.6 Å². The maximum atomic E-state index is 12.2. The van der Waals surface area contributed by atoms with Crippen LogP contribution < -0.4 is 0 Å². The van der Waals surface area contributed by atoms with Gasteiger partial charge >= 0.3 is 0 Å². The topological polar surface area (TPSA) is 91.7 Å². The van der Waals surface area contributed by atoms with Gasteiger partial charge in [-0.25, -0.2) is 0 Å². The van der Waals surface area contributed by atoms with Crippen molar-refractivity contribution in [3.8, 4) is 0 Å². The van der Waals surface area contributed by atoms with Crippen molar-refractivity contribution in [2.75, 3.05) is 0 Å². The summed E-state index contributed by atoms with van der Waals surface area (Å²) in [5, 5.41) is 17.6. The molecule has 0 bridgehead atoms. The molecule has 0 radical (unpaired) electrons. The lowest BCUT2D eigenvalue weighted by Gasteiger charge is -2.23. The Morgan fingerprint density at radius 1 is 1.41 bits per heavy atom. The molecule has 0 aromatic heterocycles. The summed E-state index contributed by atoms with van der Waals surface area (Å²) in [5.41, 5.74) is 1.11. The number of carbonyl (C=O) groups is 3. The number of fused-ring (bicyclic) bond motifs is 1. The molecule has 6 heteroatoms. The molecule has 1 unspecified atom stereocenters. The van der Waals surface area contributed by atoms with Gasteiger partial charge in [0, 0.05) is 22.9 Å². The van der Waals surface area contributed by atoms with Gasteiger partial charge in [0.2, 0.25) is 0 Å². The average molecular weight is 325 g/mol. The number of carboxylic acid groups (broad SMARTS) is 1. The van der Waals surface area contributed by atoms with Crippen LogP contribution in [0.1, 0.15) is 43.7 Å². The molecule has 1 aromatic rings. The van der Waals surface area contributed by atoms with Crippen LogP contribution in [0.15, 0.2) is 23.8 Å². The van der Waals surface area contributed by atoms with Gasteiger partial charge < -0.3 is 10.2 Å². The molecule has 22 heavy (non-hydrogen) atoms. The number of hydrogen-bond acceptors (Lipinski definition) is 4. The number of aliphatic hydroxyl groups is 1. The normalized spacial score (nSPS) is 16.5. The predicted molar refractivity (Wildman–Crippen MR) is 83.0 cm³/mol. The largest absolute Gasteiger partial charge is 0.506 e. The number of hydrogen-bond donors (Lipinski definition) is 2. The van der Waals surface area contributed by atoms with Crippen molar-refractivity contribution >= 4 is 35.4 Å². The molecule has 1 atom stereocenters. The van der Waals surface area contributed by atoms with Gasteiger partial charge in [0.25, 0.3) is 6.47 Å². The maximum absolute atomic E-state index is 12.2. The van der Waals surface area contributed by atoms with Crippen LogP contribution in [0.2, 0.25) is 5.02 Å². The van der Waals surface area contributed by atoms with Crippen LogP contribution in [0.25, 0.3) is 5.76 Å². The molecule has 118 valence electrons. The first-order valence-electron chi connectivity index (χ1n) is 6.77. The molecule has 0 fully saturated rings. The molecule has 0 aliphatic heterocycles. The SMILES string of the molecule is CCCC(=O)C1=C(O)c2cc(Cl)ccc2C(C)C1=O.O=CO. The molecule has 5 nitrogen and oxygen atoms in total. The monoisotopic (exact) mass is 324 g/mol. The van der Waals surface area contributed by atoms with E-state index in [1.807, 2.05) is 6.92 Å². The average Bonchev–Trinajstić information content (AvgIpc) is 2.46. The zero-order valence-electron chi connectivity index (χ0n) is 12.3. The number of benzene rings is 1. The van der Waals surface area contributed by atoms with Crippen LogP contribution in [0, 0.1) is 0 Å². The molecule has 0 heterocycles. The highest BCUT2D eigenvalue weighted by Crippen LogP contribution is 2.37. The van der Waals surface area contributed by atoms with Gasteiger partial charge in [0.05, 0.1) is 0 Å². The zero-order chi connectivity index (χ0) is 16.9. The highest BCUT2D eigenvalue weighted by Gasteiger charge is 2.34. The van der Waals surface area contributed by atoms with Crippen molar-refractivity contribution in [3.05, 3.63) is 39.9 Å². The van der Waals surface area contributed by atoms with Crippen molar-refractivity contribution in [1.82, 2.24) is 0 Å². The molecule has 0 saturated carbocycles. The number of carbonyl (C=O) groups excluding carboxylic acids is 2. The summed E-state index contributed by atoms with van der Waals surface area (Å²) in [4.78, 5) is 32.6. The number of ketones is 2. The van der Waals surface area contributed by atoms with E-state index in [-0.39, 0.29) is 35.8 Å². The number of allylic oxidation sites excluding steroid dienone is 1. The minimum Gasteiger partial charge on any atom is -0.506 e. The molecular formula is C16H17ClO5. The second-order valence-corrected chi connectivity index (χ2v) is 5.26. The molecule has 1 aromatic carbocycles. The lowest BCUT2D eigenvalue weighted by atomic mass is 9.80. The molecule has 0 amide bonds. The highest BCUT2D eigenvalue weighted by molar-refractivity contribution is 6.31. The lowest BCUT2D eigenvalue weighted by Crippen LogP contribution is -2.25. The van der Waals surface area contributed by atoms with E-state index in [0.29, 0.717) is 22.6 Å².